The molecule has 0 aliphatic heterocycles. The predicted molar refractivity (Wildman–Crippen MR) is 108 cm³/mol. The monoisotopic (exact) mass is 378 g/mol. The summed E-state index contributed by atoms with van der Waals surface area (Å²) in [4.78, 5) is 22.4. The molecule has 3 aromatic heterocycles. The van der Waals surface area contributed by atoms with Crippen LogP contribution in [0, 0.1) is 6.92 Å². The van der Waals surface area contributed by atoms with Gasteiger partial charge in [-0.3, -0.25) is 4.79 Å². The van der Waals surface area contributed by atoms with E-state index in [1.54, 1.807) is 19.4 Å². The number of hydrogen-bond acceptors (Lipinski definition) is 5. The van der Waals surface area contributed by atoms with Gasteiger partial charge in [0.25, 0.3) is 5.91 Å². The van der Waals surface area contributed by atoms with Crippen LogP contribution in [0.1, 0.15) is 15.4 Å². The first kappa shape index (κ1) is 17.2. The molecule has 3 heterocycles. The molecule has 1 N–H and O–H groups in total. The third-order valence-electron chi connectivity index (χ3n) is 4.29. The Hall–Kier alpha value is -3.19. The second-order valence-corrected chi connectivity index (χ2v) is 7.15. The van der Waals surface area contributed by atoms with Crippen LogP contribution in [0.2, 0.25) is 0 Å². The van der Waals surface area contributed by atoms with Gasteiger partial charge in [0.2, 0.25) is 0 Å². The minimum Gasteiger partial charge on any atom is -0.497 e. The lowest BCUT2D eigenvalue weighted by atomic mass is 10.2. The van der Waals surface area contributed by atoms with E-state index in [0.29, 0.717) is 22.0 Å². The van der Waals surface area contributed by atoms with Gasteiger partial charge in [0, 0.05) is 42.1 Å². The number of benzene rings is 1. The molecule has 1 aromatic carbocycles. The van der Waals surface area contributed by atoms with Crippen LogP contribution in [0.15, 0.2) is 48.8 Å². The molecule has 1 amide bonds. The molecule has 0 spiro atoms. The Morgan fingerprint density at radius 1 is 1.26 bits per heavy atom. The minimum atomic E-state index is -0.178. The van der Waals surface area contributed by atoms with Crippen molar-refractivity contribution in [3.63, 3.8) is 0 Å². The van der Waals surface area contributed by atoms with Crippen LogP contribution >= 0.6 is 11.3 Å². The zero-order valence-corrected chi connectivity index (χ0v) is 16.0. The van der Waals surface area contributed by atoms with Gasteiger partial charge < -0.3 is 14.6 Å². The summed E-state index contributed by atoms with van der Waals surface area (Å²) in [5.41, 5.74) is 3.26. The number of hydrogen-bond donors (Lipinski definition) is 1. The smallest absolute Gasteiger partial charge is 0.267 e. The number of fused-ring (bicyclic) bond motifs is 1. The highest BCUT2D eigenvalue weighted by atomic mass is 32.1. The van der Waals surface area contributed by atoms with Crippen molar-refractivity contribution in [1.29, 1.82) is 0 Å². The first-order valence-corrected chi connectivity index (χ1v) is 9.21. The van der Waals surface area contributed by atoms with Crippen molar-refractivity contribution in [3.8, 4) is 16.3 Å². The second kappa shape index (κ2) is 6.85. The number of nitrogens with one attached hydrogen (secondary N) is 1. The Morgan fingerprint density at radius 3 is 2.93 bits per heavy atom. The number of aromatic nitrogens is 3. The molecule has 6 nitrogen and oxygen atoms in total. The number of carbonyl (C=O) groups excluding carboxylic acids is 1. The van der Waals surface area contributed by atoms with E-state index in [9.17, 15) is 4.79 Å². The number of ether oxygens (including phenoxy) is 1. The first-order chi connectivity index (χ1) is 13.1. The van der Waals surface area contributed by atoms with E-state index in [4.69, 9.17) is 4.74 Å². The van der Waals surface area contributed by atoms with E-state index in [0.717, 1.165) is 21.6 Å². The van der Waals surface area contributed by atoms with Gasteiger partial charge in [0.15, 0.2) is 0 Å². The topological polar surface area (TPSA) is 69.0 Å². The molecule has 0 fully saturated rings. The molecule has 0 saturated heterocycles. The summed E-state index contributed by atoms with van der Waals surface area (Å²) < 4.78 is 7.17. The number of nitrogens with zero attached hydrogens (tertiary/aromatic N) is 3. The van der Waals surface area contributed by atoms with Gasteiger partial charge in [-0.25, -0.2) is 9.97 Å². The molecular weight excluding hydrogens is 360 g/mol. The molecule has 0 aliphatic carbocycles. The SMILES string of the molecule is COc1cccc(NC(=O)c2sc(-c3cn(C)c4ncccc34)nc2C)c1. The number of rotatable bonds is 4. The number of aryl methyl sites for hydroxylation is 2. The van der Waals surface area contributed by atoms with E-state index in [1.165, 1.54) is 11.3 Å². The average molecular weight is 378 g/mol. The normalized spacial score (nSPS) is 10.9. The largest absolute Gasteiger partial charge is 0.497 e. The third kappa shape index (κ3) is 3.17. The van der Waals surface area contributed by atoms with Crippen LogP contribution in [0.4, 0.5) is 5.69 Å². The van der Waals surface area contributed by atoms with Gasteiger partial charge >= 0.3 is 0 Å². The maximum Gasteiger partial charge on any atom is 0.267 e. The standard InChI is InChI=1S/C20H18N4O2S/c1-12-17(19(25)23-13-6-4-7-14(10-13)26-3)27-20(22-12)16-11-24(2)18-15(16)8-5-9-21-18/h4-11H,1-3H3,(H,23,25). The zero-order chi connectivity index (χ0) is 19.0. The van der Waals surface area contributed by atoms with Crippen molar-refractivity contribution in [2.45, 2.75) is 6.92 Å². The molecule has 4 aromatic rings. The lowest BCUT2D eigenvalue weighted by molar-refractivity contribution is 0.103. The van der Waals surface area contributed by atoms with Gasteiger partial charge in [-0.05, 0) is 31.2 Å². The van der Waals surface area contributed by atoms with E-state index in [1.807, 2.05) is 55.1 Å². The maximum absolute atomic E-state index is 12.7. The fourth-order valence-corrected chi connectivity index (χ4v) is 3.98. The average Bonchev–Trinajstić information content (AvgIpc) is 3.22. The molecule has 136 valence electrons. The van der Waals surface area contributed by atoms with Crippen LogP contribution in [0.5, 0.6) is 5.75 Å². The number of thiazole rings is 1. The molecule has 0 aliphatic rings. The number of pyridine rings is 1. The van der Waals surface area contributed by atoms with Crippen molar-refractivity contribution in [3.05, 3.63) is 59.4 Å². The Labute approximate surface area is 160 Å². The highest BCUT2D eigenvalue weighted by Crippen LogP contribution is 2.34. The minimum absolute atomic E-state index is 0.178. The van der Waals surface area contributed by atoms with Gasteiger partial charge in [-0.1, -0.05) is 6.07 Å². The van der Waals surface area contributed by atoms with Crippen molar-refractivity contribution < 1.29 is 9.53 Å². The third-order valence-corrected chi connectivity index (χ3v) is 5.48. The molecule has 7 heteroatoms. The Kier molecular flexibility index (Phi) is 4.37. The predicted octanol–water partition coefficient (Wildman–Crippen LogP) is 4.27. The van der Waals surface area contributed by atoms with Crippen LogP contribution < -0.4 is 10.1 Å². The zero-order valence-electron chi connectivity index (χ0n) is 15.2. The lowest BCUT2D eigenvalue weighted by Gasteiger charge is -2.06. The molecule has 4 rings (SSSR count). The van der Waals surface area contributed by atoms with Gasteiger partial charge in [-0.15, -0.1) is 11.3 Å². The van der Waals surface area contributed by atoms with Gasteiger partial charge in [0.05, 0.1) is 12.8 Å². The molecule has 0 atom stereocenters. The quantitative estimate of drug-likeness (QED) is 0.576. The van der Waals surface area contributed by atoms with E-state index >= 15 is 0 Å². The van der Waals surface area contributed by atoms with Crippen molar-refractivity contribution in [1.82, 2.24) is 14.5 Å². The Bertz CT molecular complexity index is 1150. The van der Waals surface area contributed by atoms with Gasteiger partial charge in [0.1, 0.15) is 21.3 Å². The summed E-state index contributed by atoms with van der Waals surface area (Å²) in [7, 11) is 3.55. The Morgan fingerprint density at radius 2 is 2.11 bits per heavy atom. The maximum atomic E-state index is 12.7. The van der Waals surface area contributed by atoms with Crippen LogP contribution in [0.25, 0.3) is 21.6 Å². The summed E-state index contributed by atoms with van der Waals surface area (Å²) in [5, 5.41) is 4.74. The number of amides is 1. The number of carbonyl (C=O) groups is 1. The van der Waals surface area contributed by atoms with Crippen LogP contribution in [-0.4, -0.2) is 27.6 Å². The first-order valence-electron chi connectivity index (χ1n) is 8.40. The molecule has 0 radical (unpaired) electrons. The fourth-order valence-electron chi connectivity index (χ4n) is 2.99. The molecular formula is C20H18N4O2S. The van der Waals surface area contributed by atoms with Crippen LogP contribution in [0.3, 0.4) is 0 Å². The molecule has 0 bridgehead atoms. The summed E-state index contributed by atoms with van der Waals surface area (Å²) in [5.74, 6) is 0.514. The molecule has 0 unspecified atom stereocenters. The van der Waals surface area contributed by atoms with Crippen molar-refractivity contribution in [2.75, 3.05) is 12.4 Å². The summed E-state index contributed by atoms with van der Waals surface area (Å²) in [6, 6.07) is 11.2. The van der Waals surface area contributed by atoms with E-state index in [2.05, 4.69) is 15.3 Å². The van der Waals surface area contributed by atoms with E-state index < -0.39 is 0 Å². The highest BCUT2D eigenvalue weighted by molar-refractivity contribution is 7.17. The summed E-state index contributed by atoms with van der Waals surface area (Å²) >= 11 is 1.38. The lowest BCUT2D eigenvalue weighted by Crippen LogP contribution is -2.11. The molecule has 0 saturated carbocycles. The van der Waals surface area contributed by atoms with Crippen molar-refractivity contribution in [2.24, 2.45) is 7.05 Å². The van der Waals surface area contributed by atoms with Crippen molar-refractivity contribution >= 4 is 34.0 Å². The van der Waals surface area contributed by atoms with Crippen LogP contribution in [-0.2, 0) is 7.05 Å². The summed E-state index contributed by atoms with van der Waals surface area (Å²) in [6.07, 6.45) is 3.77. The highest BCUT2D eigenvalue weighted by Gasteiger charge is 2.19. The fraction of sp³-hybridized carbons (Fsp3) is 0.150. The summed E-state index contributed by atoms with van der Waals surface area (Å²) in [6.45, 7) is 1.85. The second-order valence-electron chi connectivity index (χ2n) is 6.15. The van der Waals surface area contributed by atoms with E-state index in [-0.39, 0.29) is 5.91 Å². The number of anilines is 1. The molecule has 27 heavy (non-hydrogen) atoms. The van der Waals surface area contributed by atoms with Gasteiger partial charge in [-0.2, -0.15) is 0 Å². The number of methoxy groups -OCH3 is 1. The Balaban J connectivity index is 1.67.